The number of allylic oxidation sites excluding steroid dienone is 4. The lowest BCUT2D eigenvalue weighted by molar-refractivity contribution is -0.155. The van der Waals surface area contributed by atoms with Gasteiger partial charge in [0.05, 0.1) is 0 Å². The van der Waals surface area contributed by atoms with E-state index in [1.165, 1.54) is 17.7 Å². The highest BCUT2D eigenvalue weighted by atomic mass is 32.2. The van der Waals surface area contributed by atoms with Crippen LogP contribution in [0.2, 0.25) is 0 Å². The molecular formula is C22H29NO2S. The van der Waals surface area contributed by atoms with Gasteiger partial charge in [-0.2, -0.15) is 0 Å². The lowest BCUT2D eigenvalue weighted by Crippen LogP contribution is -2.50. The Morgan fingerprint density at radius 1 is 1.50 bits per heavy atom. The van der Waals surface area contributed by atoms with E-state index in [0.29, 0.717) is 17.3 Å². The van der Waals surface area contributed by atoms with Crippen molar-refractivity contribution in [3.63, 3.8) is 0 Å². The number of thioether (sulfide) groups is 1. The number of terminal acetylenes is 1. The number of carbonyl (C=O) groups excluding carboxylic acids is 1. The third-order valence-corrected chi connectivity index (χ3v) is 7.28. The average Bonchev–Trinajstić information content (AvgIpc) is 2.91. The second-order valence-corrected chi connectivity index (χ2v) is 9.11. The lowest BCUT2D eigenvalue weighted by Gasteiger charge is -2.40. The molecule has 0 spiro atoms. The summed E-state index contributed by atoms with van der Waals surface area (Å²) in [5.41, 5.74) is 0.709. The summed E-state index contributed by atoms with van der Waals surface area (Å²) in [7, 11) is 0. The molecule has 0 radical (unpaired) electrons. The molecule has 0 aromatic heterocycles. The Hall–Kier alpha value is -1.44. The van der Waals surface area contributed by atoms with Crippen molar-refractivity contribution in [3.05, 3.63) is 34.8 Å². The second kappa shape index (κ2) is 8.06. The van der Waals surface area contributed by atoms with Gasteiger partial charge in [-0.1, -0.05) is 24.0 Å². The van der Waals surface area contributed by atoms with Crippen molar-refractivity contribution in [2.45, 2.75) is 75.8 Å². The first-order chi connectivity index (χ1) is 12.5. The highest BCUT2D eigenvalue weighted by molar-refractivity contribution is 8.03. The molecule has 0 saturated carbocycles. The van der Waals surface area contributed by atoms with Gasteiger partial charge in [-0.3, -0.25) is 4.90 Å². The van der Waals surface area contributed by atoms with Gasteiger partial charge in [0, 0.05) is 34.7 Å². The molecule has 4 heteroatoms. The van der Waals surface area contributed by atoms with Gasteiger partial charge in [0.2, 0.25) is 0 Å². The molecule has 0 aromatic rings. The van der Waals surface area contributed by atoms with E-state index in [1.54, 1.807) is 12.2 Å². The fraction of sp³-hybridized carbons (Fsp3) is 0.591. The maximum atomic E-state index is 12.4. The van der Waals surface area contributed by atoms with E-state index in [0.717, 1.165) is 31.4 Å². The molecule has 3 aliphatic rings. The Balaban J connectivity index is 1.94. The Kier molecular flexibility index (Phi) is 5.99. The van der Waals surface area contributed by atoms with Crippen LogP contribution in [0.1, 0.15) is 52.9 Å². The van der Waals surface area contributed by atoms with Crippen molar-refractivity contribution in [1.29, 1.82) is 0 Å². The summed E-state index contributed by atoms with van der Waals surface area (Å²) in [4.78, 5) is 16.2. The van der Waals surface area contributed by atoms with Crippen LogP contribution in [0, 0.1) is 12.3 Å². The van der Waals surface area contributed by atoms with Crippen molar-refractivity contribution in [2.75, 3.05) is 6.54 Å². The number of hydrogen-bond acceptors (Lipinski definition) is 4. The molecule has 0 aromatic carbocycles. The van der Waals surface area contributed by atoms with E-state index < -0.39 is 0 Å². The summed E-state index contributed by atoms with van der Waals surface area (Å²) in [6.07, 6.45) is 18.4. The molecule has 0 amide bonds. The number of piperidine rings is 1. The molecule has 3 rings (SSSR count). The van der Waals surface area contributed by atoms with E-state index >= 15 is 0 Å². The predicted octanol–water partition coefficient (Wildman–Crippen LogP) is 4.46. The Morgan fingerprint density at radius 2 is 2.31 bits per heavy atom. The van der Waals surface area contributed by atoms with Gasteiger partial charge < -0.3 is 4.74 Å². The van der Waals surface area contributed by atoms with Gasteiger partial charge >= 0.3 is 5.97 Å². The van der Waals surface area contributed by atoms with Crippen molar-refractivity contribution in [3.8, 4) is 12.3 Å². The van der Waals surface area contributed by atoms with Gasteiger partial charge in [0.15, 0.2) is 0 Å². The van der Waals surface area contributed by atoms with Crippen LogP contribution in [0.15, 0.2) is 34.8 Å². The molecule has 2 fully saturated rings. The zero-order valence-electron chi connectivity index (χ0n) is 16.0. The number of esters is 1. The fourth-order valence-electron chi connectivity index (χ4n) is 4.73. The summed E-state index contributed by atoms with van der Waals surface area (Å²) in [5.74, 6) is 2.40. The first kappa shape index (κ1) is 19.3. The predicted molar refractivity (Wildman–Crippen MR) is 109 cm³/mol. The second-order valence-electron chi connectivity index (χ2n) is 7.80. The van der Waals surface area contributed by atoms with Crippen LogP contribution >= 0.6 is 11.8 Å². The minimum atomic E-state index is -0.382. The van der Waals surface area contributed by atoms with Crippen LogP contribution < -0.4 is 0 Å². The van der Waals surface area contributed by atoms with Gasteiger partial charge in [-0.05, 0) is 58.7 Å². The number of rotatable bonds is 3. The SMILES string of the molecule is C#C/C=C\C(=C/C)SC1C/C(C)=C/C(=O)OC2(C)CC1N1CCCCC12. The largest absolute Gasteiger partial charge is 0.454 e. The highest BCUT2D eigenvalue weighted by Crippen LogP contribution is 2.47. The minimum Gasteiger partial charge on any atom is -0.454 e. The van der Waals surface area contributed by atoms with Crippen LogP contribution in [-0.4, -0.2) is 40.3 Å². The molecule has 140 valence electrons. The Labute approximate surface area is 161 Å². The molecule has 3 heterocycles. The standard InChI is InChI=1S/C22H29NO2S/c1-5-7-10-17(6-2)26-19-13-16(3)14-21(24)25-22(4)15-18(19)23-12-9-8-11-20(22)23/h1,6-7,10,14,18-20H,8-9,11-13,15H2,2-4H3/b10-7-,16-14+,17-6+. The zero-order chi connectivity index (χ0) is 18.7. The molecule has 26 heavy (non-hydrogen) atoms. The van der Waals surface area contributed by atoms with Gasteiger partial charge in [0.1, 0.15) is 5.60 Å². The van der Waals surface area contributed by atoms with Crippen LogP contribution in [0.5, 0.6) is 0 Å². The zero-order valence-corrected chi connectivity index (χ0v) is 16.8. The van der Waals surface area contributed by atoms with Crippen molar-refractivity contribution < 1.29 is 9.53 Å². The smallest absolute Gasteiger partial charge is 0.331 e. The van der Waals surface area contributed by atoms with Gasteiger partial charge in [-0.15, -0.1) is 18.2 Å². The van der Waals surface area contributed by atoms with Crippen molar-refractivity contribution in [2.24, 2.45) is 0 Å². The summed E-state index contributed by atoms with van der Waals surface area (Å²) >= 11 is 1.89. The van der Waals surface area contributed by atoms with E-state index in [4.69, 9.17) is 11.2 Å². The maximum absolute atomic E-state index is 12.4. The molecule has 3 nitrogen and oxygen atoms in total. The monoisotopic (exact) mass is 371 g/mol. The molecule has 2 bridgehead atoms. The summed E-state index contributed by atoms with van der Waals surface area (Å²) in [6, 6.07) is 0.758. The Bertz CT molecular complexity index is 687. The van der Waals surface area contributed by atoms with Crippen LogP contribution in [0.25, 0.3) is 0 Å². The molecule has 4 unspecified atom stereocenters. The number of hydrogen-bond donors (Lipinski definition) is 0. The number of carbonyl (C=O) groups is 1. The van der Waals surface area contributed by atoms with Gasteiger partial charge in [0.25, 0.3) is 0 Å². The topological polar surface area (TPSA) is 29.5 Å². The quantitative estimate of drug-likeness (QED) is 0.416. The summed E-state index contributed by atoms with van der Waals surface area (Å²) in [5, 5.41) is 0.386. The number of nitrogens with zero attached hydrogens (tertiary/aromatic N) is 1. The lowest BCUT2D eigenvalue weighted by atomic mass is 9.89. The molecule has 0 aliphatic carbocycles. The third-order valence-electron chi connectivity index (χ3n) is 5.86. The maximum Gasteiger partial charge on any atom is 0.331 e. The van der Waals surface area contributed by atoms with Crippen LogP contribution in [-0.2, 0) is 9.53 Å². The van der Waals surface area contributed by atoms with Crippen molar-refractivity contribution >= 4 is 17.7 Å². The van der Waals surface area contributed by atoms with Crippen LogP contribution in [0.4, 0.5) is 0 Å². The van der Waals surface area contributed by atoms with Gasteiger partial charge in [-0.25, -0.2) is 4.79 Å². The Morgan fingerprint density at radius 3 is 3.04 bits per heavy atom. The fourth-order valence-corrected chi connectivity index (χ4v) is 6.12. The first-order valence-electron chi connectivity index (χ1n) is 9.58. The third kappa shape index (κ3) is 3.94. The number of fused-ring (bicyclic) bond motifs is 5. The first-order valence-corrected chi connectivity index (χ1v) is 10.5. The van der Waals surface area contributed by atoms with E-state index in [1.807, 2.05) is 24.8 Å². The normalized spacial score (nSPS) is 37.8. The molecule has 3 aliphatic heterocycles. The number of ether oxygens (including phenoxy) is 1. The van der Waals surface area contributed by atoms with E-state index in [2.05, 4.69) is 30.7 Å². The average molecular weight is 372 g/mol. The molecule has 0 N–H and O–H groups in total. The summed E-state index contributed by atoms with van der Waals surface area (Å²) < 4.78 is 6.01. The van der Waals surface area contributed by atoms with Crippen LogP contribution in [0.3, 0.4) is 0 Å². The van der Waals surface area contributed by atoms with Crippen molar-refractivity contribution in [1.82, 2.24) is 4.90 Å². The highest BCUT2D eigenvalue weighted by Gasteiger charge is 2.54. The van der Waals surface area contributed by atoms with E-state index in [-0.39, 0.29) is 11.6 Å². The molecule has 2 saturated heterocycles. The van der Waals surface area contributed by atoms with E-state index in [9.17, 15) is 4.79 Å². The molecular weight excluding hydrogens is 342 g/mol. The molecule has 4 atom stereocenters. The minimum absolute atomic E-state index is 0.180. The summed E-state index contributed by atoms with van der Waals surface area (Å²) in [6.45, 7) is 7.33.